The van der Waals surface area contributed by atoms with Crippen LogP contribution in [0.1, 0.15) is 45.0 Å². The highest BCUT2D eigenvalue weighted by atomic mass is 16.7. The molecule has 3 aliphatic rings. The number of nitrogens with one attached hydrogen (secondary N) is 1. The van der Waals surface area contributed by atoms with E-state index in [1.54, 1.807) is 24.3 Å². The molecule has 9 heteroatoms. The van der Waals surface area contributed by atoms with Crippen molar-refractivity contribution in [2.24, 2.45) is 5.41 Å². The van der Waals surface area contributed by atoms with Gasteiger partial charge in [0.2, 0.25) is 12.7 Å². The molecule has 0 saturated heterocycles. The van der Waals surface area contributed by atoms with Crippen LogP contribution in [-0.2, 0) is 15.6 Å². The van der Waals surface area contributed by atoms with Gasteiger partial charge >= 0.3 is 0 Å². The first-order valence-corrected chi connectivity index (χ1v) is 10.9. The number of nitro groups is 1. The van der Waals surface area contributed by atoms with Crippen LogP contribution < -0.4 is 14.8 Å². The molecular formula is C24H22N4O5. The summed E-state index contributed by atoms with van der Waals surface area (Å²) in [4.78, 5) is 34.5. The highest BCUT2D eigenvalue weighted by Crippen LogP contribution is 2.70. The van der Waals surface area contributed by atoms with E-state index in [1.165, 1.54) is 12.1 Å². The number of carbonyl (C=O) groups excluding carboxylic acids is 1. The zero-order valence-corrected chi connectivity index (χ0v) is 18.5. The van der Waals surface area contributed by atoms with Crippen LogP contribution in [0.4, 0.5) is 11.4 Å². The Morgan fingerprint density at radius 1 is 1.00 bits per heavy atom. The minimum Gasteiger partial charge on any atom is -0.454 e. The van der Waals surface area contributed by atoms with E-state index in [0.29, 0.717) is 40.3 Å². The predicted octanol–water partition coefficient (Wildman–Crippen LogP) is 4.23. The van der Waals surface area contributed by atoms with E-state index in [1.807, 2.05) is 0 Å². The molecular weight excluding hydrogens is 424 g/mol. The summed E-state index contributed by atoms with van der Waals surface area (Å²) in [6.07, 6.45) is 1.42. The number of fused-ring (bicyclic) bond motifs is 7. The average Bonchev–Trinajstić information content (AvgIpc) is 3.37. The van der Waals surface area contributed by atoms with Gasteiger partial charge in [-0.3, -0.25) is 14.9 Å². The van der Waals surface area contributed by atoms with Crippen LogP contribution in [0.15, 0.2) is 36.4 Å². The minimum absolute atomic E-state index is 0.0516. The van der Waals surface area contributed by atoms with E-state index in [4.69, 9.17) is 19.4 Å². The second-order valence-corrected chi connectivity index (χ2v) is 9.74. The number of anilines is 1. The third-order valence-electron chi connectivity index (χ3n) is 8.25. The van der Waals surface area contributed by atoms with Gasteiger partial charge in [-0.05, 0) is 36.5 Å². The summed E-state index contributed by atoms with van der Waals surface area (Å²) in [6.45, 7) is 6.48. The molecule has 2 heterocycles. The molecule has 33 heavy (non-hydrogen) atoms. The molecule has 1 fully saturated rings. The standard InChI is InChI=1S/C24H22N4O5/c1-22(2)23(3)8-9-24(22,21(29)25-13-4-7-17-18(10-13)33-12-32-17)20-19(23)26-15-6-5-14(28(30)31)11-16(15)27-20/h4-7,10-11H,8-9,12H2,1-3H3,(H,25,29). The molecule has 1 aromatic heterocycles. The Morgan fingerprint density at radius 2 is 1.76 bits per heavy atom. The third kappa shape index (κ3) is 2.34. The number of carbonyl (C=O) groups is 1. The summed E-state index contributed by atoms with van der Waals surface area (Å²) in [5.41, 5.74) is 1.27. The summed E-state index contributed by atoms with van der Waals surface area (Å²) in [6, 6.07) is 9.80. The Bertz CT molecular complexity index is 1390. The molecule has 1 amide bonds. The van der Waals surface area contributed by atoms with E-state index in [-0.39, 0.29) is 23.8 Å². The van der Waals surface area contributed by atoms with E-state index in [0.717, 1.165) is 12.1 Å². The zero-order valence-electron chi connectivity index (χ0n) is 18.5. The Labute approximate surface area is 189 Å². The summed E-state index contributed by atoms with van der Waals surface area (Å²) >= 11 is 0. The SMILES string of the molecule is CC12CCC(C(=O)Nc3ccc4c(c3)OCO4)(c3nc4cc([N+](=O)[O-])ccc4nc31)C2(C)C. The van der Waals surface area contributed by atoms with Crippen LogP contribution in [0.5, 0.6) is 11.5 Å². The molecule has 2 unspecified atom stereocenters. The number of nitro benzene ring substituents is 1. The molecule has 2 aromatic carbocycles. The molecule has 0 spiro atoms. The molecule has 9 nitrogen and oxygen atoms in total. The molecule has 1 saturated carbocycles. The zero-order chi connectivity index (χ0) is 23.2. The second kappa shape index (κ2) is 6.18. The van der Waals surface area contributed by atoms with Crippen molar-refractivity contribution in [1.29, 1.82) is 0 Å². The van der Waals surface area contributed by atoms with Crippen molar-refractivity contribution in [1.82, 2.24) is 9.97 Å². The van der Waals surface area contributed by atoms with Crippen molar-refractivity contribution in [3.05, 3.63) is 57.9 Å². The number of rotatable bonds is 3. The number of hydrogen-bond acceptors (Lipinski definition) is 7. The van der Waals surface area contributed by atoms with Gasteiger partial charge in [0.05, 0.1) is 32.8 Å². The molecule has 6 rings (SSSR count). The van der Waals surface area contributed by atoms with Gasteiger partial charge in [0.15, 0.2) is 11.5 Å². The lowest BCUT2D eigenvalue weighted by Crippen LogP contribution is -2.48. The first-order chi connectivity index (χ1) is 15.7. The Kier molecular flexibility index (Phi) is 3.73. The lowest BCUT2D eigenvalue weighted by Gasteiger charge is -2.39. The Hall–Kier alpha value is -3.75. The number of non-ortho nitro benzene ring substituents is 1. The van der Waals surface area contributed by atoms with Crippen LogP contribution in [-0.4, -0.2) is 27.6 Å². The number of nitrogens with zero attached hydrogens (tertiary/aromatic N) is 3. The van der Waals surface area contributed by atoms with Crippen molar-refractivity contribution < 1.29 is 19.2 Å². The molecule has 0 radical (unpaired) electrons. The topological polar surface area (TPSA) is 116 Å². The first-order valence-electron chi connectivity index (χ1n) is 10.9. The van der Waals surface area contributed by atoms with Gasteiger partial charge in [-0.25, -0.2) is 9.97 Å². The van der Waals surface area contributed by atoms with Crippen molar-refractivity contribution in [2.75, 3.05) is 12.1 Å². The van der Waals surface area contributed by atoms with Crippen LogP contribution in [0.2, 0.25) is 0 Å². The number of aromatic nitrogens is 2. The smallest absolute Gasteiger partial charge is 0.271 e. The fourth-order valence-corrected chi connectivity index (χ4v) is 5.92. The molecule has 1 aliphatic heterocycles. The summed E-state index contributed by atoms with van der Waals surface area (Å²) in [5.74, 6) is 1.07. The van der Waals surface area contributed by atoms with E-state index < -0.39 is 15.8 Å². The molecule has 1 N–H and O–H groups in total. The van der Waals surface area contributed by atoms with Crippen molar-refractivity contribution in [2.45, 2.75) is 44.4 Å². The number of benzene rings is 2. The summed E-state index contributed by atoms with van der Waals surface area (Å²) in [7, 11) is 0. The molecule has 168 valence electrons. The lowest BCUT2D eigenvalue weighted by atomic mass is 9.63. The predicted molar refractivity (Wildman–Crippen MR) is 119 cm³/mol. The quantitative estimate of drug-likeness (QED) is 0.472. The normalized spacial score (nSPS) is 25.8. The van der Waals surface area contributed by atoms with Gasteiger partial charge in [-0.15, -0.1) is 0 Å². The second-order valence-electron chi connectivity index (χ2n) is 9.74. The van der Waals surface area contributed by atoms with Gasteiger partial charge < -0.3 is 14.8 Å². The van der Waals surface area contributed by atoms with Gasteiger partial charge in [0.25, 0.3) is 5.69 Å². The maximum Gasteiger partial charge on any atom is 0.271 e. The fourth-order valence-electron chi connectivity index (χ4n) is 5.92. The number of hydrogen-bond donors (Lipinski definition) is 1. The maximum atomic E-state index is 14.0. The average molecular weight is 446 g/mol. The van der Waals surface area contributed by atoms with Gasteiger partial charge in [0.1, 0.15) is 0 Å². The Balaban J connectivity index is 1.49. The van der Waals surface area contributed by atoms with Gasteiger partial charge in [-0.1, -0.05) is 20.8 Å². The van der Waals surface area contributed by atoms with Crippen LogP contribution in [0.3, 0.4) is 0 Å². The minimum atomic E-state index is -0.917. The lowest BCUT2D eigenvalue weighted by molar-refractivity contribution is -0.384. The highest BCUT2D eigenvalue weighted by molar-refractivity contribution is 6.02. The first kappa shape index (κ1) is 19.9. The molecule has 3 aromatic rings. The van der Waals surface area contributed by atoms with Crippen molar-refractivity contribution in [3.8, 4) is 11.5 Å². The van der Waals surface area contributed by atoms with Crippen LogP contribution >= 0.6 is 0 Å². The van der Waals surface area contributed by atoms with Gasteiger partial charge in [0, 0.05) is 29.3 Å². The van der Waals surface area contributed by atoms with E-state index in [2.05, 4.69) is 26.1 Å². The van der Waals surface area contributed by atoms with Crippen molar-refractivity contribution in [3.63, 3.8) is 0 Å². The largest absolute Gasteiger partial charge is 0.454 e. The van der Waals surface area contributed by atoms with E-state index >= 15 is 0 Å². The van der Waals surface area contributed by atoms with Crippen LogP contribution in [0.25, 0.3) is 11.0 Å². The molecule has 2 atom stereocenters. The monoisotopic (exact) mass is 446 g/mol. The summed E-state index contributed by atoms with van der Waals surface area (Å²) < 4.78 is 10.8. The van der Waals surface area contributed by atoms with Crippen molar-refractivity contribution >= 4 is 28.3 Å². The Morgan fingerprint density at radius 3 is 2.55 bits per heavy atom. The molecule has 2 bridgehead atoms. The summed E-state index contributed by atoms with van der Waals surface area (Å²) in [5, 5.41) is 14.4. The maximum absolute atomic E-state index is 14.0. The number of amides is 1. The third-order valence-corrected chi connectivity index (χ3v) is 8.25. The number of ether oxygens (including phenoxy) is 2. The van der Waals surface area contributed by atoms with E-state index in [9.17, 15) is 14.9 Å². The fraction of sp³-hybridized carbons (Fsp3) is 0.375. The van der Waals surface area contributed by atoms with Crippen LogP contribution in [0, 0.1) is 15.5 Å². The highest BCUT2D eigenvalue weighted by Gasteiger charge is 2.73. The molecule has 2 aliphatic carbocycles. The van der Waals surface area contributed by atoms with Gasteiger partial charge in [-0.2, -0.15) is 0 Å².